The number of rotatable bonds is 6. The Kier molecular flexibility index (Phi) is 5.28. The predicted octanol–water partition coefficient (Wildman–Crippen LogP) is 2.98. The number of nitrogens with zero attached hydrogens (tertiary/aromatic N) is 1. The summed E-state index contributed by atoms with van der Waals surface area (Å²) in [5, 5.41) is 3.09. The molecule has 1 aromatic carbocycles. The maximum atomic E-state index is 12.2. The number of hydrogen-bond acceptors (Lipinski definition) is 2. The van der Waals surface area contributed by atoms with Gasteiger partial charge in [-0.25, -0.2) is 0 Å². The number of halogens is 3. The van der Waals surface area contributed by atoms with Crippen LogP contribution in [0.15, 0.2) is 30.3 Å². The third kappa shape index (κ3) is 6.16. The summed E-state index contributed by atoms with van der Waals surface area (Å²) in [6.45, 7) is 2.17. The molecule has 0 aromatic heterocycles. The van der Waals surface area contributed by atoms with Crippen LogP contribution in [-0.2, 0) is 0 Å². The molecule has 96 valence electrons. The van der Waals surface area contributed by atoms with E-state index in [9.17, 15) is 13.2 Å². The zero-order valence-corrected chi connectivity index (χ0v) is 9.80. The minimum Gasteiger partial charge on any atom is -0.384 e. The number of anilines is 1. The first-order valence-electron chi connectivity index (χ1n) is 5.59. The fraction of sp³-hybridized carbons (Fsp3) is 0.500. The minimum absolute atomic E-state index is 0.380. The van der Waals surface area contributed by atoms with Crippen molar-refractivity contribution in [2.24, 2.45) is 0 Å². The predicted molar refractivity (Wildman–Crippen MR) is 63.1 cm³/mol. The Morgan fingerprint density at radius 1 is 1.18 bits per heavy atom. The molecule has 17 heavy (non-hydrogen) atoms. The maximum absolute atomic E-state index is 12.2. The summed E-state index contributed by atoms with van der Waals surface area (Å²) in [6.07, 6.45) is -4.12. The fourth-order valence-corrected chi connectivity index (χ4v) is 1.52. The summed E-state index contributed by atoms with van der Waals surface area (Å²) < 4.78 is 36.5. The molecule has 1 rings (SSSR count). The minimum atomic E-state index is -4.12. The molecule has 0 aliphatic rings. The Bertz CT molecular complexity index is 311. The van der Waals surface area contributed by atoms with Crippen molar-refractivity contribution >= 4 is 5.69 Å². The zero-order valence-electron chi connectivity index (χ0n) is 9.80. The van der Waals surface area contributed by atoms with Gasteiger partial charge in [-0.15, -0.1) is 0 Å². The van der Waals surface area contributed by atoms with Gasteiger partial charge in [-0.3, -0.25) is 4.90 Å². The summed E-state index contributed by atoms with van der Waals surface area (Å²) in [6, 6.07) is 9.44. The molecule has 5 heteroatoms. The molecular formula is C12H17F3N2. The Balaban J connectivity index is 2.29. The van der Waals surface area contributed by atoms with Gasteiger partial charge in [0, 0.05) is 18.8 Å². The van der Waals surface area contributed by atoms with E-state index < -0.39 is 12.7 Å². The van der Waals surface area contributed by atoms with Crippen LogP contribution in [-0.4, -0.2) is 37.3 Å². The maximum Gasteiger partial charge on any atom is 0.401 e. The first-order valence-corrected chi connectivity index (χ1v) is 5.59. The van der Waals surface area contributed by atoms with Gasteiger partial charge in [-0.1, -0.05) is 25.1 Å². The molecule has 0 aliphatic carbocycles. The quantitative estimate of drug-likeness (QED) is 0.830. The smallest absolute Gasteiger partial charge is 0.384 e. The lowest BCUT2D eigenvalue weighted by molar-refractivity contribution is -0.145. The van der Waals surface area contributed by atoms with Crippen LogP contribution in [0.5, 0.6) is 0 Å². The summed E-state index contributed by atoms with van der Waals surface area (Å²) in [7, 11) is 0. The molecule has 0 unspecified atom stereocenters. The van der Waals surface area contributed by atoms with Gasteiger partial charge in [0.1, 0.15) is 0 Å². The summed E-state index contributed by atoms with van der Waals surface area (Å²) in [5.41, 5.74) is 0.926. The first kappa shape index (κ1) is 13.8. The second kappa shape index (κ2) is 6.49. The van der Waals surface area contributed by atoms with Crippen molar-refractivity contribution in [3.63, 3.8) is 0 Å². The molecule has 2 nitrogen and oxygen atoms in total. The van der Waals surface area contributed by atoms with Crippen molar-refractivity contribution in [3.8, 4) is 0 Å². The van der Waals surface area contributed by atoms with Gasteiger partial charge in [0.05, 0.1) is 6.54 Å². The van der Waals surface area contributed by atoms with E-state index in [-0.39, 0.29) is 0 Å². The van der Waals surface area contributed by atoms with Gasteiger partial charge in [0.2, 0.25) is 0 Å². The Morgan fingerprint density at radius 2 is 1.82 bits per heavy atom. The Morgan fingerprint density at radius 3 is 2.35 bits per heavy atom. The number of nitrogens with one attached hydrogen (secondary N) is 1. The summed E-state index contributed by atoms with van der Waals surface area (Å²) in [4.78, 5) is 1.37. The highest BCUT2D eigenvalue weighted by atomic mass is 19.4. The average molecular weight is 246 g/mol. The van der Waals surface area contributed by atoms with Gasteiger partial charge in [-0.2, -0.15) is 13.2 Å². The van der Waals surface area contributed by atoms with E-state index >= 15 is 0 Å². The molecule has 0 saturated carbocycles. The van der Waals surface area contributed by atoms with Crippen molar-refractivity contribution in [2.75, 3.05) is 31.5 Å². The van der Waals surface area contributed by atoms with Crippen LogP contribution in [0, 0.1) is 0 Å². The normalized spacial score (nSPS) is 11.8. The average Bonchev–Trinajstić information content (AvgIpc) is 2.27. The van der Waals surface area contributed by atoms with Crippen LogP contribution in [0.1, 0.15) is 6.92 Å². The van der Waals surface area contributed by atoms with Crippen LogP contribution in [0.4, 0.5) is 18.9 Å². The molecule has 0 heterocycles. The number of benzene rings is 1. The van der Waals surface area contributed by atoms with Gasteiger partial charge in [0.15, 0.2) is 0 Å². The largest absolute Gasteiger partial charge is 0.401 e. The molecule has 1 N–H and O–H groups in total. The van der Waals surface area contributed by atoms with E-state index in [0.717, 1.165) is 5.69 Å². The monoisotopic (exact) mass is 246 g/mol. The van der Waals surface area contributed by atoms with Crippen LogP contribution in [0.25, 0.3) is 0 Å². The number of para-hydroxylation sites is 1. The van der Waals surface area contributed by atoms with Gasteiger partial charge in [0.25, 0.3) is 0 Å². The Labute approximate surface area is 99.4 Å². The number of alkyl halides is 3. The van der Waals surface area contributed by atoms with Crippen LogP contribution < -0.4 is 5.32 Å². The lowest BCUT2D eigenvalue weighted by atomic mass is 10.3. The van der Waals surface area contributed by atoms with Crippen molar-refractivity contribution in [3.05, 3.63) is 30.3 Å². The highest BCUT2D eigenvalue weighted by Crippen LogP contribution is 2.16. The van der Waals surface area contributed by atoms with E-state index in [1.54, 1.807) is 6.92 Å². The lowest BCUT2D eigenvalue weighted by Crippen LogP contribution is -2.37. The van der Waals surface area contributed by atoms with Crippen LogP contribution in [0.3, 0.4) is 0 Å². The number of hydrogen-bond donors (Lipinski definition) is 1. The molecule has 1 aromatic rings. The Hall–Kier alpha value is -1.23. The molecule has 0 atom stereocenters. The molecule has 0 amide bonds. The summed E-state index contributed by atoms with van der Waals surface area (Å²) >= 11 is 0. The van der Waals surface area contributed by atoms with Crippen molar-refractivity contribution in [2.45, 2.75) is 13.1 Å². The SMILES string of the molecule is CCN(CCNc1ccccc1)CC(F)(F)F. The number of likely N-dealkylation sites (N-methyl/N-ethyl adjacent to an activating group) is 1. The third-order valence-corrected chi connectivity index (χ3v) is 2.38. The van der Waals surface area contributed by atoms with Crippen molar-refractivity contribution in [1.29, 1.82) is 0 Å². The second-order valence-corrected chi connectivity index (χ2v) is 3.78. The molecule has 0 radical (unpaired) electrons. The third-order valence-electron chi connectivity index (χ3n) is 2.38. The standard InChI is InChI=1S/C12H17F3N2/c1-2-17(10-12(13,14)15)9-8-16-11-6-4-3-5-7-11/h3-7,16H,2,8-10H2,1H3. The molecule has 0 saturated heterocycles. The first-order chi connectivity index (χ1) is 8.01. The lowest BCUT2D eigenvalue weighted by Gasteiger charge is -2.22. The molecule has 0 spiro atoms. The van der Waals surface area contributed by atoms with Gasteiger partial charge in [-0.05, 0) is 18.7 Å². The zero-order chi connectivity index (χ0) is 12.7. The highest BCUT2D eigenvalue weighted by Gasteiger charge is 2.29. The van der Waals surface area contributed by atoms with E-state index in [1.807, 2.05) is 30.3 Å². The molecular weight excluding hydrogens is 229 g/mol. The summed E-state index contributed by atoms with van der Waals surface area (Å²) in [5.74, 6) is 0. The van der Waals surface area contributed by atoms with Gasteiger partial charge >= 0.3 is 6.18 Å². The van der Waals surface area contributed by atoms with Crippen LogP contribution >= 0.6 is 0 Å². The van der Waals surface area contributed by atoms with E-state index in [0.29, 0.717) is 19.6 Å². The molecule has 0 bridgehead atoms. The van der Waals surface area contributed by atoms with Crippen molar-refractivity contribution in [1.82, 2.24) is 4.90 Å². The van der Waals surface area contributed by atoms with Crippen molar-refractivity contribution < 1.29 is 13.2 Å². The van der Waals surface area contributed by atoms with E-state index in [4.69, 9.17) is 0 Å². The van der Waals surface area contributed by atoms with E-state index in [1.165, 1.54) is 4.90 Å². The van der Waals surface area contributed by atoms with E-state index in [2.05, 4.69) is 5.32 Å². The molecule has 0 fully saturated rings. The van der Waals surface area contributed by atoms with Gasteiger partial charge < -0.3 is 5.32 Å². The van der Waals surface area contributed by atoms with Crippen LogP contribution in [0.2, 0.25) is 0 Å². The molecule has 0 aliphatic heterocycles. The second-order valence-electron chi connectivity index (χ2n) is 3.78. The fourth-order valence-electron chi connectivity index (χ4n) is 1.52. The highest BCUT2D eigenvalue weighted by molar-refractivity contribution is 5.42. The topological polar surface area (TPSA) is 15.3 Å².